The van der Waals surface area contributed by atoms with Crippen molar-refractivity contribution >= 4 is 11.8 Å². The lowest BCUT2D eigenvalue weighted by molar-refractivity contribution is -0.455. The summed E-state index contributed by atoms with van der Waals surface area (Å²) >= 11 is 0. The summed E-state index contributed by atoms with van der Waals surface area (Å²) < 4.78 is 0. The van der Waals surface area contributed by atoms with E-state index in [4.69, 9.17) is 5.21 Å². The summed E-state index contributed by atoms with van der Waals surface area (Å²) in [6.45, 7) is 0. The quantitative estimate of drug-likeness (QED) is 0.416. The zero-order valence-electron chi connectivity index (χ0n) is 7.34. The molecule has 0 bridgehead atoms. The summed E-state index contributed by atoms with van der Waals surface area (Å²) in [6, 6.07) is 6.23. The van der Waals surface area contributed by atoms with Gasteiger partial charge in [0.05, 0.1) is 11.1 Å². The molecule has 2 N–H and O–H groups in total. The Balaban J connectivity index is 2.29. The van der Waals surface area contributed by atoms with Crippen molar-refractivity contribution in [2.24, 2.45) is 0 Å². The maximum atomic E-state index is 11.5. The Morgan fingerprint density at radius 1 is 1.13 bits per heavy atom. The lowest BCUT2D eigenvalue weighted by Gasteiger charge is -2.08. The van der Waals surface area contributed by atoms with Gasteiger partial charge in [0.2, 0.25) is 0 Å². The molecule has 0 aromatic heterocycles. The van der Waals surface area contributed by atoms with Crippen molar-refractivity contribution in [1.29, 1.82) is 0 Å². The van der Waals surface area contributed by atoms with Crippen LogP contribution in [0.25, 0.3) is 0 Å². The third kappa shape index (κ3) is 1.49. The molecule has 2 rings (SSSR count). The normalized spacial score (nSPS) is 14.6. The van der Waals surface area contributed by atoms with Gasteiger partial charge in [-0.15, -0.1) is 5.06 Å². The number of imide groups is 1. The number of amides is 2. The highest BCUT2D eigenvalue weighted by molar-refractivity contribution is 6.20. The van der Waals surface area contributed by atoms with Crippen LogP contribution in [0.1, 0.15) is 20.7 Å². The van der Waals surface area contributed by atoms with Crippen molar-refractivity contribution in [2.45, 2.75) is 0 Å². The van der Waals surface area contributed by atoms with Crippen molar-refractivity contribution < 1.29 is 24.8 Å². The smallest absolute Gasteiger partial charge is 0.288 e. The van der Waals surface area contributed by atoms with Crippen molar-refractivity contribution in [1.82, 2.24) is 10.7 Å². The fourth-order valence-corrected chi connectivity index (χ4v) is 1.29. The van der Waals surface area contributed by atoms with Crippen LogP contribution in [0.5, 0.6) is 0 Å². The van der Waals surface area contributed by atoms with Crippen LogP contribution in [-0.4, -0.2) is 22.1 Å². The molecule has 0 saturated carbocycles. The molecule has 7 nitrogen and oxygen atoms in total. The van der Waals surface area contributed by atoms with E-state index in [1.165, 1.54) is 17.8 Å². The standard InChI is InChI=1S/C8H6N2O5/c11-7-5-3-1-2-4-6(5)8(12)10(7)15-14-9-13/h1-4,9,13H. The van der Waals surface area contributed by atoms with E-state index in [0.717, 1.165) is 0 Å². The highest BCUT2D eigenvalue weighted by atomic mass is 17.4. The van der Waals surface area contributed by atoms with Crippen LogP contribution in [0.15, 0.2) is 24.3 Å². The molecule has 0 radical (unpaired) electrons. The number of carbonyl (C=O) groups is 2. The molecule has 7 heteroatoms. The number of carbonyl (C=O) groups excluding carboxylic acids is 2. The fraction of sp³-hybridized carbons (Fsp3) is 0. The minimum absolute atomic E-state index is 0.226. The van der Waals surface area contributed by atoms with Gasteiger partial charge in [-0.1, -0.05) is 22.1 Å². The maximum Gasteiger partial charge on any atom is 0.288 e. The topological polar surface area (TPSA) is 88.1 Å². The summed E-state index contributed by atoms with van der Waals surface area (Å²) in [6.07, 6.45) is 0. The van der Waals surface area contributed by atoms with Crippen molar-refractivity contribution in [3.05, 3.63) is 35.4 Å². The number of nitrogens with zero attached hydrogens (tertiary/aromatic N) is 1. The molecular weight excluding hydrogens is 204 g/mol. The van der Waals surface area contributed by atoms with E-state index < -0.39 is 11.8 Å². The predicted molar refractivity (Wildman–Crippen MR) is 44.0 cm³/mol. The first-order chi connectivity index (χ1) is 7.25. The second-order valence-electron chi connectivity index (χ2n) is 2.70. The Morgan fingerprint density at radius 2 is 1.67 bits per heavy atom. The van der Waals surface area contributed by atoms with Gasteiger partial charge in [0, 0.05) is 0 Å². The molecule has 0 unspecified atom stereocenters. The Labute approximate surface area is 83.6 Å². The Morgan fingerprint density at radius 3 is 2.13 bits per heavy atom. The van der Waals surface area contributed by atoms with Gasteiger partial charge >= 0.3 is 0 Å². The average molecular weight is 210 g/mol. The van der Waals surface area contributed by atoms with Gasteiger partial charge in [-0.3, -0.25) is 14.8 Å². The Bertz CT molecular complexity index is 384. The second-order valence-corrected chi connectivity index (χ2v) is 2.70. The van der Waals surface area contributed by atoms with Gasteiger partial charge in [-0.25, -0.2) is 0 Å². The van der Waals surface area contributed by atoms with Gasteiger partial charge < -0.3 is 0 Å². The van der Waals surface area contributed by atoms with Crippen LogP contribution in [-0.2, 0) is 9.98 Å². The largest absolute Gasteiger partial charge is 0.290 e. The fourth-order valence-electron chi connectivity index (χ4n) is 1.29. The molecule has 1 heterocycles. The van der Waals surface area contributed by atoms with Crippen LogP contribution in [0.3, 0.4) is 0 Å². The van der Waals surface area contributed by atoms with E-state index in [2.05, 4.69) is 9.98 Å². The lowest BCUT2D eigenvalue weighted by atomic mass is 10.1. The van der Waals surface area contributed by atoms with Crippen molar-refractivity contribution in [3.63, 3.8) is 0 Å². The van der Waals surface area contributed by atoms with Crippen LogP contribution < -0.4 is 5.64 Å². The number of nitrogens with one attached hydrogen (secondary N) is 1. The molecule has 0 fully saturated rings. The molecule has 1 aromatic rings. The van der Waals surface area contributed by atoms with Crippen molar-refractivity contribution in [3.8, 4) is 0 Å². The first-order valence-electron chi connectivity index (χ1n) is 3.96. The van der Waals surface area contributed by atoms with Gasteiger partial charge in [-0.05, 0) is 17.8 Å². The molecule has 78 valence electrons. The monoisotopic (exact) mass is 210 g/mol. The predicted octanol–water partition coefficient (Wildman–Crippen LogP) is 0.0396. The number of hydrogen-bond acceptors (Lipinski definition) is 6. The average Bonchev–Trinajstić information content (AvgIpc) is 2.51. The number of hydroxylamine groups is 2. The van der Waals surface area contributed by atoms with Gasteiger partial charge in [0.25, 0.3) is 11.8 Å². The lowest BCUT2D eigenvalue weighted by Crippen LogP contribution is -2.32. The summed E-state index contributed by atoms with van der Waals surface area (Å²) in [5.74, 6) is -1.29. The van der Waals surface area contributed by atoms with E-state index >= 15 is 0 Å². The van der Waals surface area contributed by atoms with Gasteiger partial charge in [0.15, 0.2) is 0 Å². The minimum atomic E-state index is -0.647. The van der Waals surface area contributed by atoms with Crippen LogP contribution in [0, 0.1) is 0 Å². The third-order valence-corrected chi connectivity index (χ3v) is 1.91. The van der Waals surface area contributed by atoms with Crippen LogP contribution in [0.2, 0.25) is 0 Å². The van der Waals surface area contributed by atoms with E-state index in [0.29, 0.717) is 5.06 Å². The SMILES string of the molecule is O=C1c2ccccc2C(=O)N1OONO. The van der Waals surface area contributed by atoms with Crippen LogP contribution in [0.4, 0.5) is 0 Å². The molecule has 0 atom stereocenters. The van der Waals surface area contributed by atoms with E-state index in [9.17, 15) is 9.59 Å². The summed E-state index contributed by atoms with van der Waals surface area (Å²) in [5, 5.41) is 8.47. The molecule has 1 aliphatic rings. The molecular formula is C8H6N2O5. The summed E-state index contributed by atoms with van der Waals surface area (Å²) in [5.41, 5.74) is 1.65. The third-order valence-electron chi connectivity index (χ3n) is 1.91. The number of fused-ring (bicyclic) bond motifs is 1. The molecule has 1 aliphatic heterocycles. The van der Waals surface area contributed by atoms with Gasteiger partial charge in [-0.2, -0.15) is 0 Å². The highest BCUT2D eigenvalue weighted by Crippen LogP contribution is 2.22. The molecule has 2 amide bonds. The minimum Gasteiger partial charge on any atom is -0.290 e. The Kier molecular flexibility index (Phi) is 2.44. The molecule has 15 heavy (non-hydrogen) atoms. The molecule has 0 saturated heterocycles. The molecule has 0 aliphatic carbocycles. The number of hydrogen-bond donors (Lipinski definition) is 2. The first-order valence-corrected chi connectivity index (χ1v) is 3.96. The van der Waals surface area contributed by atoms with E-state index in [-0.39, 0.29) is 11.1 Å². The van der Waals surface area contributed by atoms with E-state index in [1.54, 1.807) is 12.1 Å². The Hall–Kier alpha value is -1.80. The maximum absolute atomic E-state index is 11.5. The first kappa shape index (κ1) is 9.74. The summed E-state index contributed by atoms with van der Waals surface area (Å²) in [4.78, 5) is 31.1. The highest BCUT2D eigenvalue weighted by Gasteiger charge is 2.37. The molecule has 0 spiro atoms. The van der Waals surface area contributed by atoms with E-state index in [1.807, 2.05) is 0 Å². The summed E-state index contributed by atoms with van der Waals surface area (Å²) in [7, 11) is 0. The number of rotatable bonds is 3. The van der Waals surface area contributed by atoms with Crippen molar-refractivity contribution in [2.75, 3.05) is 0 Å². The van der Waals surface area contributed by atoms with Gasteiger partial charge in [0.1, 0.15) is 0 Å². The van der Waals surface area contributed by atoms with Crippen LogP contribution >= 0.6 is 0 Å². The second kappa shape index (κ2) is 3.75. The zero-order valence-corrected chi connectivity index (χ0v) is 7.34. The zero-order chi connectivity index (χ0) is 10.8. The molecule has 1 aromatic carbocycles. The number of benzene rings is 1.